The molecule has 3 nitrogen and oxygen atoms in total. The molecule has 2 rings (SSSR count). The monoisotopic (exact) mass is 238 g/mol. The van der Waals surface area contributed by atoms with Gasteiger partial charge in [0.15, 0.2) is 0 Å². The van der Waals surface area contributed by atoms with Gasteiger partial charge < -0.3 is 11.1 Å². The van der Waals surface area contributed by atoms with Crippen molar-refractivity contribution in [3.8, 4) is 0 Å². The van der Waals surface area contributed by atoms with Crippen LogP contribution in [0.4, 0.5) is 0 Å². The van der Waals surface area contributed by atoms with E-state index in [0.29, 0.717) is 12.3 Å². The summed E-state index contributed by atoms with van der Waals surface area (Å²) in [4.78, 5) is 12.1. The molecule has 0 saturated heterocycles. The Morgan fingerprint density at radius 3 is 2.53 bits per heavy atom. The quantitative estimate of drug-likeness (QED) is 0.790. The first-order chi connectivity index (χ1) is 8.15. The molecular weight excluding hydrogens is 212 g/mol. The van der Waals surface area contributed by atoms with Gasteiger partial charge in [0, 0.05) is 18.0 Å². The Bertz CT molecular complexity index is 268. The van der Waals surface area contributed by atoms with Crippen LogP contribution in [-0.2, 0) is 4.79 Å². The number of hydrogen-bond donors (Lipinski definition) is 2. The van der Waals surface area contributed by atoms with Gasteiger partial charge in [0.1, 0.15) is 0 Å². The van der Waals surface area contributed by atoms with E-state index in [0.717, 1.165) is 32.1 Å². The third-order valence-corrected chi connectivity index (χ3v) is 4.81. The number of carbonyl (C=O) groups is 1. The fourth-order valence-corrected chi connectivity index (χ4v) is 3.25. The van der Waals surface area contributed by atoms with Crippen LogP contribution >= 0.6 is 0 Å². The zero-order valence-corrected chi connectivity index (χ0v) is 11.0. The molecule has 3 heteroatoms. The van der Waals surface area contributed by atoms with E-state index in [4.69, 9.17) is 5.73 Å². The Labute approximate surface area is 105 Å². The van der Waals surface area contributed by atoms with E-state index >= 15 is 0 Å². The number of hydrogen-bond acceptors (Lipinski definition) is 2. The lowest BCUT2D eigenvalue weighted by Gasteiger charge is -2.42. The minimum atomic E-state index is 0.135. The number of nitrogens with two attached hydrogens (primary N) is 1. The van der Waals surface area contributed by atoms with Crippen LogP contribution in [0.5, 0.6) is 0 Å². The molecule has 17 heavy (non-hydrogen) atoms. The molecule has 2 saturated carbocycles. The number of amides is 1. The normalized spacial score (nSPS) is 31.6. The van der Waals surface area contributed by atoms with E-state index < -0.39 is 0 Å². The summed E-state index contributed by atoms with van der Waals surface area (Å²) in [6, 6.07) is 0.244. The number of nitrogens with one attached hydrogen (secondary N) is 1. The molecule has 0 aromatic heterocycles. The van der Waals surface area contributed by atoms with Crippen molar-refractivity contribution in [2.45, 2.75) is 76.3 Å². The maximum absolute atomic E-state index is 12.1. The molecule has 2 aliphatic rings. The van der Waals surface area contributed by atoms with Gasteiger partial charge in [0.25, 0.3) is 0 Å². The molecule has 0 aromatic carbocycles. The van der Waals surface area contributed by atoms with Gasteiger partial charge in [-0.25, -0.2) is 0 Å². The third kappa shape index (κ3) is 3.01. The van der Waals surface area contributed by atoms with Crippen LogP contribution in [0.25, 0.3) is 0 Å². The third-order valence-electron chi connectivity index (χ3n) is 4.81. The lowest BCUT2D eigenvalue weighted by Crippen LogP contribution is -2.53. The highest BCUT2D eigenvalue weighted by Gasteiger charge is 2.37. The van der Waals surface area contributed by atoms with Crippen molar-refractivity contribution in [1.29, 1.82) is 0 Å². The van der Waals surface area contributed by atoms with Crippen molar-refractivity contribution >= 4 is 5.91 Å². The molecule has 98 valence electrons. The molecule has 3 N–H and O–H groups in total. The zero-order valence-electron chi connectivity index (χ0n) is 11.0. The van der Waals surface area contributed by atoms with E-state index in [1.807, 2.05) is 0 Å². The highest BCUT2D eigenvalue weighted by atomic mass is 16.1. The Morgan fingerprint density at radius 1 is 1.29 bits per heavy atom. The van der Waals surface area contributed by atoms with E-state index in [1.54, 1.807) is 0 Å². The maximum Gasteiger partial charge on any atom is 0.220 e. The van der Waals surface area contributed by atoms with Crippen molar-refractivity contribution in [3.63, 3.8) is 0 Å². The summed E-state index contributed by atoms with van der Waals surface area (Å²) < 4.78 is 0. The Balaban J connectivity index is 1.80. The highest BCUT2D eigenvalue weighted by Crippen LogP contribution is 2.35. The first-order valence-corrected chi connectivity index (χ1v) is 7.22. The summed E-state index contributed by atoms with van der Waals surface area (Å²) in [5.74, 6) is 0.645. The van der Waals surface area contributed by atoms with Crippen LogP contribution < -0.4 is 11.1 Å². The molecule has 0 aromatic rings. The summed E-state index contributed by atoms with van der Waals surface area (Å²) >= 11 is 0. The topological polar surface area (TPSA) is 55.1 Å². The molecule has 0 spiro atoms. The molecule has 0 radical (unpaired) electrons. The number of carbonyl (C=O) groups excluding carboxylic acids is 1. The van der Waals surface area contributed by atoms with Crippen molar-refractivity contribution in [2.75, 3.05) is 0 Å². The molecule has 2 aliphatic carbocycles. The minimum absolute atomic E-state index is 0.135. The van der Waals surface area contributed by atoms with Crippen LogP contribution in [-0.4, -0.2) is 17.5 Å². The molecule has 2 unspecified atom stereocenters. The van der Waals surface area contributed by atoms with Gasteiger partial charge in [0.2, 0.25) is 5.91 Å². The second kappa shape index (κ2) is 5.38. The Hall–Kier alpha value is -0.570. The van der Waals surface area contributed by atoms with E-state index in [1.165, 1.54) is 19.3 Å². The summed E-state index contributed by atoms with van der Waals surface area (Å²) in [5, 5.41) is 3.25. The average molecular weight is 238 g/mol. The summed E-state index contributed by atoms with van der Waals surface area (Å²) in [5.41, 5.74) is 6.22. The SMILES string of the molecule is CCC1(NC(=O)CC2CCCCC2N)CCC1. The van der Waals surface area contributed by atoms with Gasteiger partial charge in [0.05, 0.1) is 0 Å². The molecule has 2 fully saturated rings. The lowest BCUT2D eigenvalue weighted by molar-refractivity contribution is -0.125. The van der Waals surface area contributed by atoms with Gasteiger partial charge in [-0.15, -0.1) is 0 Å². The molecule has 0 aliphatic heterocycles. The van der Waals surface area contributed by atoms with Crippen molar-refractivity contribution in [2.24, 2.45) is 11.7 Å². The standard InChI is InChI=1S/C14H26N2O/c1-2-14(8-5-9-14)16-13(17)10-11-6-3-4-7-12(11)15/h11-12H,2-10,15H2,1H3,(H,16,17). The van der Waals surface area contributed by atoms with Gasteiger partial charge in [-0.3, -0.25) is 4.79 Å². The van der Waals surface area contributed by atoms with Gasteiger partial charge in [-0.2, -0.15) is 0 Å². The maximum atomic E-state index is 12.1. The molecular formula is C14H26N2O. The summed E-state index contributed by atoms with van der Waals surface area (Å²) in [7, 11) is 0. The molecule has 0 heterocycles. The second-order valence-electron chi connectivity index (χ2n) is 5.95. The van der Waals surface area contributed by atoms with E-state index in [-0.39, 0.29) is 17.5 Å². The van der Waals surface area contributed by atoms with Crippen LogP contribution in [0.1, 0.15) is 64.7 Å². The minimum Gasteiger partial charge on any atom is -0.351 e. The van der Waals surface area contributed by atoms with E-state index in [2.05, 4.69) is 12.2 Å². The Morgan fingerprint density at radius 2 is 2.00 bits per heavy atom. The predicted octanol–water partition coefficient (Wildman–Crippen LogP) is 2.34. The first kappa shape index (κ1) is 12.9. The fraction of sp³-hybridized carbons (Fsp3) is 0.929. The summed E-state index contributed by atoms with van der Waals surface area (Å²) in [6.07, 6.45) is 9.99. The van der Waals surface area contributed by atoms with Gasteiger partial charge in [-0.1, -0.05) is 19.8 Å². The van der Waals surface area contributed by atoms with Gasteiger partial charge >= 0.3 is 0 Å². The van der Waals surface area contributed by atoms with E-state index in [9.17, 15) is 4.79 Å². The highest BCUT2D eigenvalue weighted by molar-refractivity contribution is 5.77. The Kier molecular flexibility index (Phi) is 4.08. The van der Waals surface area contributed by atoms with Crippen molar-refractivity contribution in [3.05, 3.63) is 0 Å². The fourth-order valence-electron chi connectivity index (χ4n) is 3.25. The van der Waals surface area contributed by atoms with Gasteiger partial charge in [-0.05, 0) is 44.4 Å². The zero-order chi connectivity index (χ0) is 12.3. The first-order valence-electron chi connectivity index (χ1n) is 7.22. The molecule has 2 atom stereocenters. The lowest BCUT2D eigenvalue weighted by atomic mass is 9.74. The van der Waals surface area contributed by atoms with Crippen molar-refractivity contribution < 1.29 is 4.79 Å². The van der Waals surface area contributed by atoms with Crippen LogP contribution in [0, 0.1) is 5.92 Å². The molecule has 1 amide bonds. The van der Waals surface area contributed by atoms with Crippen molar-refractivity contribution in [1.82, 2.24) is 5.32 Å². The molecule has 0 bridgehead atoms. The second-order valence-corrected chi connectivity index (χ2v) is 5.95. The number of rotatable bonds is 4. The summed E-state index contributed by atoms with van der Waals surface area (Å²) in [6.45, 7) is 2.17. The smallest absolute Gasteiger partial charge is 0.220 e. The largest absolute Gasteiger partial charge is 0.351 e. The van der Waals surface area contributed by atoms with Crippen LogP contribution in [0.3, 0.4) is 0 Å². The van der Waals surface area contributed by atoms with Crippen LogP contribution in [0.2, 0.25) is 0 Å². The van der Waals surface area contributed by atoms with Crippen LogP contribution in [0.15, 0.2) is 0 Å². The predicted molar refractivity (Wildman–Crippen MR) is 69.6 cm³/mol. The average Bonchev–Trinajstić information content (AvgIpc) is 2.27.